The molecule has 0 saturated carbocycles. The second-order valence-electron chi connectivity index (χ2n) is 5.33. The molecule has 1 atom stereocenters. The minimum absolute atomic E-state index is 0.0288. The monoisotopic (exact) mass is 284 g/mol. The van der Waals surface area contributed by atoms with Gasteiger partial charge in [0.15, 0.2) is 0 Å². The number of aromatic carboxylic acids is 1. The number of nitrogens with one attached hydrogen (secondary N) is 1. The average molecular weight is 285 g/mol. The van der Waals surface area contributed by atoms with Crippen molar-refractivity contribution in [3.8, 4) is 0 Å². The van der Waals surface area contributed by atoms with E-state index in [1.165, 1.54) is 18.2 Å². The second kappa shape index (κ2) is 5.59. The van der Waals surface area contributed by atoms with Crippen LogP contribution in [-0.4, -0.2) is 23.0 Å². The van der Waals surface area contributed by atoms with Gasteiger partial charge in [0.1, 0.15) is 0 Å². The van der Waals surface area contributed by atoms with Crippen LogP contribution < -0.4 is 11.1 Å². The van der Waals surface area contributed by atoms with Gasteiger partial charge in [0.05, 0.1) is 17.3 Å². The Morgan fingerprint density at radius 1 is 1.37 bits per heavy atom. The first-order valence-corrected chi connectivity index (χ1v) is 6.10. The molecule has 1 amide bonds. The van der Waals surface area contributed by atoms with Gasteiger partial charge < -0.3 is 16.2 Å². The maximum Gasteiger partial charge on any atom is 0.337 e. The predicted octanol–water partition coefficient (Wildman–Crippen LogP) is 2.35. The molecule has 0 aliphatic carbocycles. The highest BCUT2D eigenvalue weighted by Gasteiger charge is 2.28. The highest BCUT2D eigenvalue weighted by atomic mass is 35.5. The third-order valence-electron chi connectivity index (χ3n) is 2.69. The lowest BCUT2D eigenvalue weighted by molar-refractivity contribution is -0.119. The first-order chi connectivity index (χ1) is 8.62. The Morgan fingerprint density at radius 2 is 1.95 bits per heavy atom. The quantitative estimate of drug-likeness (QED) is 0.794. The number of rotatable bonds is 3. The Balaban J connectivity index is 3.02. The van der Waals surface area contributed by atoms with Crippen molar-refractivity contribution in [2.24, 2.45) is 11.1 Å². The van der Waals surface area contributed by atoms with Crippen LogP contribution >= 0.6 is 11.6 Å². The zero-order valence-corrected chi connectivity index (χ0v) is 11.8. The van der Waals surface area contributed by atoms with Crippen LogP contribution in [0.15, 0.2) is 18.2 Å². The van der Waals surface area contributed by atoms with Crippen molar-refractivity contribution in [3.63, 3.8) is 0 Å². The Kier molecular flexibility index (Phi) is 4.55. The first-order valence-electron chi connectivity index (χ1n) is 5.72. The highest BCUT2D eigenvalue weighted by Crippen LogP contribution is 2.23. The lowest BCUT2D eigenvalue weighted by Crippen LogP contribution is -2.45. The lowest BCUT2D eigenvalue weighted by atomic mass is 9.87. The van der Waals surface area contributed by atoms with E-state index in [0.29, 0.717) is 5.02 Å². The Morgan fingerprint density at radius 3 is 2.42 bits per heavy atom. The molecular formula is C13H17ClN2O3. The van der Waals surface area contributed by atoms with E-state index in [-0.39, 0.29) is 11.3 Å². The van der Waals surface area contributed by atoms with E-state index in [1.807, 2.05) is 20.8 Å². The second-order valence-corrected chi connectivity index (χ2v) is 5.76. The van der Waals surface area contributed by atoms with Gasteiger partial charge in [0, 0.05) is 5.02 Å². The number of benzene rings is 1. The van der Waals surface area contributed by atoms with Crippen LogP contribution in [0.1, 0.15) is 31.1 Å². The fourth-order valence-electron chi connectivity index (χ4n) is 1.41. The van der Waals surface area contributed by atoms with Crippen molar-refractivity contribution >= 4 is 29.2 Å². The molecule has 0 aliphatic rings. The summed E-state index contributed by atoms with van der Waals surface area (Å²) in [4.78, 5) is 23.0. The molecule has 104 valence electrons. The molecule has 19 heavy (non-hydrogen) atoms. The van der Waals surface area contributed by atoms with Gasteiger partial charge in [0.2, 0.25) is 5.91 Å². The molecule has 0 spiro atoms. The summed E-state index contributed by atoms with van der Waals surface area (Å²) in [7, 11) is 0. The van der Waals surface area contributed by atoms with E-state index in [0.717, 1.165) is 0 Å². The summed E-state index contributed by atoms with van der Waals surface area (Å²) < 4.78 is 0. The minimum atomic E-state index is -1.14. The summed E-state index contributed by atoms with van der Waals surface area (Å²) in [5, 5.41) is 11.9. The number of carboxylic acid groups (broad SMARTS) is 1. The number of halogens is 1. The maximum atomic E-state index is 12.0. The molecule has 0 fully saturated rings. The number of hydrogen-bond acceptors (Lipinski definition) is 3. The number of carbonyl (C=O) groups is 2. The molecular weight excluding hydrogens is 268 g/mol. The molecule has 0 aromatic heterocycles. The van der Waals surface area contributed by atoms with Gasteiger partial charge in [-0.3, -0.25) is 4.79 Å². The molecule has 1 rings (SSSR count). The van der Waals surface area contributed by atoms with Crippen molar-refractivity contribution in [2.45, 2.75) is 26.8 Å². The fourth-order valence-corrected chi connectivity index (χ4v) is 1.58. The SMILES string of the molecule is CC(C)(C)C(N)C(=O)Nc1cc(Cl)ccc1C(=O)O. The molecule has 4 N–H and O–H groups in total. The molecule has 1 unspecified atom stereocenters. The third kappa shape index (κ3) is 3.94. The standard InChI is InChI=1S/C13H17ClN2O3/c1-13(2,3)10(15)11(17)16-9-6-7(14)4-5-8(9)12(18)19/h4-6,10H,15H2,1-3H3,(H,16,17)(H,18,19). The van der Waals surface area contributed by atoms with Crippen LogP contribution in [-0.2, 0) is 4.79 Å². The molecule has 0 aliphatic heterocycles. The van der Waals surface area contributed by atoms with Crippen LogP contribution in [0.2, 0.25) is 5.02 Å². The van der Waals surface area contributed by atoms with E-state index in [9.17, 15) is 9.59 Å². The summed E-state index contributed by atoms with van der Waals surface area (Å²) in [5.74, 6) is -1.59. The third-order valence-corrected chi connectivity index (χ3v) is 2.92. The van der Waals surface area contributed by atoms with Crippen LogP contribution in [0.5, 0.6) is 0 Å². The van der Waals surface area contributed by atoms with Crippen molar-refractivity contribution in [1.29, 1.82) is 0 Å². The van der Waals surface area contributed by atoms with Gasteiger partial charge in [-0.1, -0.05) is 32.4 Å². The van der Waals surface area contributed by atoms with Gasteiger partial charge in [-0.25, -0.2) is 4.79 Å². The summed E-state index contributed by atoms with van der Waals surface area (Å²) in [6.45, 7) is 5.48. The number of anilines is 1. The van der Waals surface area contributed by atoms with Gasteiger partial charge in [0.25, 0.3) is 0 Å². The molecule has 0 bridgehead atoms. The Bertz CT molecular complexity index is 509. The molecule has 0 saturated heterocycles. The number of hydrogen-bond donors (Lipinski definition) is 3. The zero-order chi connectivity index (χ0) is 14.8. The molecule has 5 nitrogen and oxygen atoms in total. The van der Waals surface area contributed by atoms with Gasteiger partial charge in [-0.15, -0.1) is 0 Å². The normalized spacial score (nSPS) is 12.9. The number of carbonyl (C=O) groups excluding carboxylic acids is 1. The topological polar surface area (TPSA) is 92.4 Å². The fraction of sp³-hybridized carbons (Fsp3) is 0.385. The summed E-state index contributed by atoms with van der Waals surface area (Å²) >= 11 is 5.80. The van der Waals surface area contributed by atoms with E-state index >= 15 is 0 Å². The van der Waals surface area contributed by atoms with E-state index in [4.69, 9.17) is 22.4 Å². The van der Waals surface area contributed by atoms with Gasteiger partial charge >= 0.3 is 5.97 Å². The van der Waals surface area contributed by atoms with E-state index in [2.05, 4.69) is 5.32 Å². The smallest absolute Gasteiger partial charge is 0.337 e. The molecule has 0 radical (unpaired) electrons. The average Bonchev–Trinajstić information content (AvgIpc) is 2.26. The first kappa shape index (κ1) is 15.5. The minimum Gasteiger partial charge on any atom is -0.478 e. The lowest BCUT2D eigenvalue weighted by Gasteiger charge is -2.26. The molecule has 1 aromatic rings. The zero-order valence-electron chi connectivity index (χ0n) is 11.0. The molecule has 1 aromatic carbocycles. The predicted molar refractivity (Wildman–Crippen MR) is 74.5 cm³/mol. The number of nitrogens with two attached hydrogens (primary N) is 1. The summed E-state index contributed by atoms with van der Waals surface area (Å²) in [6, 6.07) is 3.42. The Labute approximate surface area is 116 Å². The van der Waals surface area contributed by atoms with E-state index in [1.54, 1.807) is 0 Å². The number of amides is 1. The summed E-state index contributed by atoms with van der Waals surface area (Å²) in [6.07, 6.45) is 0. The highest BCUT2D eigenvalue weighted by molar-refractivity contribution is 6.31. The van der Waals surface area contributed by atoms with Gasteiger partial charge in [-0.05, 0) is 23.6 Å². The van der Waals surface area contributed by atoms with Crippen molar-refractivity contribution in [2.75, 3.05) is 5.32 Å². The molecule has 0 heterocycles. The number of carboxylic acids is 1. The maximum absolute atomic E-state index is 12.0. The van der Waals surface area contributed by atoms with Crippen molar-refractivity contribution < 1.29 is 14.7 Å². The van der Waals surface area contributed by atoms with Crippen LogP contribution in [0.4, 0.5) is 5.69 Å². The van der Waals surface area contributed by atoms with Crippen molar-refractivity contribution in [3.05, 3.63) is 28.8 Å². The van der Waals surface area contributed by atoms with Crippen LogP contribution in [0.25, 0.3) is 0 Å². The summed E-state index contributed by atoms with van der Waals surface area (Å²) in [5.41, 5.74) is 5.50. The van der Waals surface area contributed by atoms with Crippen LogP contribution in [0.3, 0.4) is 0 Å². The van der Waals surface area contributed by atoms with E-state index < -0.39 is 23.3 Å². The van der Waals surface area contributed by atoms with Crippen LogP contribution in [0, 0.1) is 5.41 Å². The van der Waals surface area contributed by atoms with Crippen molar-refractivity contribution in [1.82, 2.24) is 0 Å². The van der Waals surface area contributed by atoms with Gasteiger partial charge in [-0.2, -0.15) is 0 Å². The molecule has 6 heteroatoms. The Hall–Kier alpha value is -1.59. The largest absolute Gasteiger partial charge is 0.478 e.